The summed E-state index contributed by atoms with van der Waals surface area (Å²) >= 11 is 12.3. The van der Waals surface area contributed by atoms with Gasteiger partial charge in [-0.25, -0.2) is 0 Å². The van der Waals surface area contributed by atoms with Crippen molar-refractivity contribution in [3.05, 3.63) is 93.7 Å². The Morgan fingerprint density at radius 1 is 0.941 bits per heavy atom. The molecule has 0 radical (unpaired) electrons. The summed E-state index contributed by atoms with van der Waals surface area (Å²) in [6.07, 6.45) is 1.36. The number of rotatable bonds is 2. The van der Waals surface area contributed by atoms with Gasteiger partial charge >= 0.3 is 0 Å². The van der Waals surface area contributed by atoms with E-state index in [1.165, 1.54) is 10.8 Å². The van der Waals surface area contributed by atoms with Crippen molar-refractivity contribution in [3.8, 4) is 11.3 Å². The quantitative estimate of drug-likeness (QED) is 0.307. The monoisotopic (exact) mass is 487 g/mol. The van der Waals surface area contributed by atoms with Crippen molar-refractivity contribution in [2.45, 2.75) is 32.7 Å². The molecule has 0 saturated carbocycles. The number of carbonyl (C=O) groups is 1. The average molecular weight is 488 g/mol. The summed E-state index contributed by atoms with van der Waals surface area (Å²) in [5.74, 6) is 1.57. The highest BCUT2D eigenvalue weighted by atomic mass is 35.5. The summed E-state index contributed by atoms with van der Waals surface area (Å²) in [5, 5.41) is 6.94. The predicted molar refractivity (Wildman–Crippen MR) is 139 cm³/mol. The van der Waals surface area contributed by atoms with Crippen molar-refractivity contribution in [2.24, 2.45) is 5.41 Å². The van der Waals surface area contributed by atoms with E-state index >= 15 is 0 Å². The molecule has 1 atom stereocenters. The van der Waals surface area contributed by atoms with Crippen LogP contribution in [0.25, 0.3) is 27.7 Å². The number of ketones is 1. The van der Waals surface area contributed by atoms with E-state index in [1.54, 1.807) is 12.1 Å². The number of hydrogen-bond acceptors (Lipinski definition) is 3. The van der Waals surface area contributed by atoms with Gasteiger partial charge in [0.25, 0.3) is 0 Å². The lowest BCUT2D eigenvalue weighted by Gasteiger charge is -2.39. The Labute approximate surface area is 208 Å². The van der Waals surface area contributed by atoms with Gasteiger partial charge in [0.2, 0.25) is 0 Å². The Hall–Kier alpha value is -3.01. The fraction of sp³-hybridized carbons (Fsp3) is 0.207. The number of furan rings is 1. The molecule has 5 heteroatoms. The molecule has 1 N–H and O–H groups in total. The summed E-state index contributed by atoms with van der Waals surface area (Å²) in [6, 6.07) is 21.6. The fourth-order valence-corrected chi connectivity index (χ4v) is 5.66. The molecule has 0 amide bonds. The topological polar surface area (TPSA) is 42.2 Å². The van der Waals surface area contributed by atoms with Gasteiger partial charge in [0.15, 0.2) is 5.78 Å². The first-order valence-corrected chi connectivity index (χ1v) is 12.2. The van der Waals surface area contributed by atoms with Crippen LogP contribution in [0, 0.1) is 5.41 Å². The lowest BCUT2D eigenvalue weighted by molar-refractivity contribution is -0.118. The van der Waals surface area contributed by atoms with Crippen LogP contribution in [0.2, 0.25) is 10.0 Å². The number of halogens is 2. The first-order chi connectivity index (χ1) is 16.3. The minimum atomic E-state index is -0.344. The molecule has 4 aromatic rings. The van der Waals surface area contributed by atoms with Crippen molar-refractivity contribution in [1.82, 2.24) is 0 Å². The van der Waals surface area contributed by atoms with Gasteiger partial charge in [0.05, 0.1) is 10.0 Å². The molecule has 2 aliphatic rings. The molecular weight excluding hydrogens is 465 g/mol. The molecule has 0 fully saturated rings. The molecule has 6 rings (SSSR count). The molecular formula is C29H23Cl2NO2. The van der Waals surface area contributed by atoms with E-state index in [9.17, 15) is 4.79 Å². The van der Waals surface area contributed by atoms with Crippen LogP contribution in [0.15, 0.2) is 76.7 Å². The van der Waals surface area contributed by atoms with Crippen LogP contribution in [0.5, 0.6) is 0 Å². The van der Waals surface area contributed by atoms with Crippen LogP contribution in [0.3, 0.4) is 0 Å². The number of hydrogen-bond donors (Lipinski definition) is 1. The summed E-state index contributed by atoms with van der Waals surface area (Å²) in [7, 11) is 0. The molecule has 1 aliphatic heterocycles. The van der Waals surface area contributed by atoms with Crippen LogP contribution in [0.1, 0.15) is 44.1 Å². The SMILES string of the molecule is CC1(C)CC(=O)C2=C(C1)c1c(ccc3ccccc13)N[C@@H]2c1ccc(-c2ccc(Cl)c(Cl)c2)o1. The summed E-state index contributed by atoms with van der Waals surface area (Å²) in [5.41, 5.74) is 4.86. The largest absolute Gasteiger partial charge is 0.459 e. The van der Waals surface area contributed by atoms with Crippen molar-refractivity contribution in [2.75, 3.05) is 5.32 Å². The molecule has 3 nitrogen and oxygen atoms in total. The highest BCUT2D eigenvalue weighted by molar-refractivity contribution is 6.42. The molecule has 0 spiro atoms. The standard InChI is InChI=1S/C29H23Cl2NO2/c1-29(2)14-19-26-18-6-4-3-5-16(18)8-10-22(26)32-28(27(19)23(33)15-29)25-12-11-24(34-25)17-7-9-20(30)21(31)13-17/h3-13,28,32H,14-15H2,1-2H3/t28-/m1/s1. The molecule has 0 saturated heterocycles. The number of anilines is 1. The van der Waals surface area contributed by atoms with E-state index in [2.05, 4.69) is 49.5 Å². The zero-order chi connectivity index (χ0) is 23.6. The Balaban J connectivity index is 1.52. The number of Topliss-reactive ketones (excluding diaryl/α,β-unsaturated/α-hetero) is 1. The Kier molecular flexibility index (Phi) is 4.91. The van der Waals surface area contributed by atoms with Crippen molar-refractivity contribution >= 4 is 51.0 Å². The smallest absolute Gasteiger partial charge is 0.162 e. The average Bonchev–Trinajstić information content (AvgIpc) is 3.29. The number of allylic oxidation sites excluding steroid dienone is 1. The number of carbonyl (C=O) groups excluding carboxylic acids is 1. The zero-order valence-electron chi connectivity index (χ0n) is 18.9. The predicted octanol–water partition coefficient (Wildman–Crippen LogP) is 8.72. The lowest BCUT2D eigenvalue weighted by atomic mass is 9.68. The summed E-state index contributed by atoms with van der Waals surface area (Å²) in [6.45, 7) is 4.34. The maximum Gasteiger partial charge on any atom is 0.162 e. The minimum Gasteiger partial charge on any atom is -0.459 e. The third-order valence-corrected chi connectivity index (χ3v) is 7.59. The number of benzene rings is 3. The minimum absolute atomic E-state index is 0.0968. The number of nitrogens with one attached hydrogen (secondary N) is 1. The van der Waals surface area contributed by atoms with Crippen LogP contribution in [-0.2, 0) is 4.79 Å². The zero-order valence-corrected chi connectivity index (χ0v) is 20.4. The molecule has 34 heavy (non-hydrogen) atoms. The fourth-order valence-electron chi connectivity index (χ4n) is 5.36. The maximum absolute atomic E-state index is 13.6. The first kappa shape index (κ1) is 21.5. The van der Waals surface area contributed by atoms with Crippen molar-refractivity contribution < 1.29 is 9.21 Å². The lowest BCUT2D eigenvalue weighted by Crippen LogP contribution is -2.33. The molecule has 1 aromatic heterocycles. The van der Waals surface area contributed by atoms with Crippen molar-refractivity contribution in [1.29, 1.82) is 0 Å². The summed E-state index contributed by atoms with van der Waals surface area (Å²) in [4.78, 5) is 13.6. The Morgan fingerprint density at radius 3 is 2.59 bits per heavy atom. The third-order valence-electron chi connectivity index (χ3n) is 6.85. The van der Waals surface area contributed by atoms with Crippen LogP contribution in [-0.4, -0.2) is 5.78 Å². The van der Waals surface area contributed by atoms with E-state index in [4.69, 9.17) is 27.6 Å². The van der Waals surface area contributed by atoms with Gasteiger partial charge in [0.1, 0.15) is 17.6 Å². The van der Waals surface area contributed by atoms with E-state index in [0.29, 0.717) is 28.0 Å². The van der Waals surface area contributed by atoms with Gasteiger partial charge in [-0.3, -0.25) is 4.79 Å². The summed E-state index contributed by atoms with van der Waals surface area (Å²) < 4.78 is 6.31. The normalized spacial score (nSPS) is 19.1. The molecule has 2 heterocycles. The highest BCUT2D eigenvalue weighted by Gasteiger charge is 2.41. The second-order valence-electron chi connectivity index (χ2n) is 9.95. The van der Waals surface area contributed by atoms with Gasteiger partial charge in [-0.1, -0.05) is 67.4 Å². The Morgan fingerprint density at radius 2 is 1.76 bits per heavy atom. The molecule has 170 valence electrons. The maximum atomic E-state index is 13.6. The van der Waals surface area contributed by atoms with Crippen LogP contribution >= 0.6 is 23.2 Å². The van der Waals surface area contributed by atoms with E-state index in [1.807, 2.05) is 24.3 Å². The van der Waals surface area contributed by atoms with E-state index in [0.717, 1.165) is 34.4 Å². The Bertz CT molecular complexity index is 1510. The third kappa shape index (κ3) is 3.46. The first-order valence-electron chi connectivity index (χ1n) is 11.4. The van der Waals surface area contributed by atoms with E-state index < -0.39 is 0 Å². The van der Waals surface area contributed by atoms with Gasteiger partial charge in [-0.05, 0) is 64.6 Å². The van der Waals surface area contributed by atoms with Gasteiger partial charge in [-0.15, -0.1) is 0 Å². The van der Waals surface area contributed by atoms with E-state index in [-0.39, 0.29) is 17.2 Å². The van der Waals surface area contributed by atoms with Crippen LogP contribution in [0.4, 0.5) is 5.69 Å². The van der Waals surface area contributed by atoms with Gasteiger partial charge in [-0.2, -0.15) is 0 Å². The molecule has 0 unspecified atom stereocenters. The molecule has 0 bridgehead atoms. The number of fused-ring (bicyclic) bond motifs is 4. The second-order valence-corrected chi connectivity index (χ2v) is 10.8. The van der Waals surface area contributed by atoms with Gasteiger partial charge in [0, 0.05) is 28.8 Å². The van der Waals surface area contributed by atoms with Gasteiger partial charge < -0.3 is 9.73 Å². The van der Waals surface area contributed by atoms with Crippen molar-refractivity contribution in [3.63, 3.8) is 0 Å². The second kappa shape index (κ2) is 7.76. The highest BCUT2D eigenvalue weighted by Crippen LogP contribution is 2.52. The van der Waals surface area contributed by atoms with Crippen LogP contribution < -0.4 is 5.32 Å². The molecule has 1 aliphatic carbocycles. The molecule has 3 aromatic carbocycles.